The van der Waals surface area contributed by atoms with Crippen LogP contribution >= 0.6 is 47.8 Å². The van der Waals surface area contributed by atoms with Crippen molar-refractivity contribution in [2.24, 2.45) is 4.99 Å². The number of fused-ring (bicyclic) bond motifs is 3. The van der Waals surface area contributed by atoms with Crippen LogP contribution in [0.1, 0.15) is 182 Å². The molecule has 5 aliphatic heterocycles. The molecule has 7 N–H and O–H groups in total. The SMILES string of the molecule is CC(C)(C)OC(=O)N1CCCC1C1=NC=C(c2ccc(B3OC(C)(C)C(C)(C)O3)cc2)C1.CC(C)(C)OC(=O)N1CCC[C@@H]1C(=O)O.CC(C)(C)OC(=O)N1CCC[C@H]1C(=O)Nc1nn(C(=O)OC(C)(C)C)c2ccc(Br)cc12.CC(C)(C)OC(=O)n1nc(N)c2cc(Br)ccc21.Nc1n[nH]c2ccc(Br)cc12. The molecule has 108 heavy (non-hydrogen) atoms. The maximum atomic E-state index is 13.1. The number of ether oxygens (including phenoxy) is 5. The fourth-order valence-corrected chi connectivity index (χ4v) is 12.9. The topological polar surface area (TPSA) is 355 Å². The average Bonchev–Trinajstić information content (AvgIpc) is 1.64. The molecule has 0 bridgehead atoms. The molecular formula is C76H101BBr3N13O15. The Morgan fingerprint density at radius 1 is 0.546 bits per heavy atom. The monoisotopic (exact) mass is 1680 g/mol. The molecule has 584 valence electrons. The molecule has 0 aliphatic carbocycles. The van der Waals surface area contributed by atoms with Crippen LogP contribution in [0.5, 0.6) is 0 Å². The van der Waals surface area contributed by atoms with Crippen molar-refractivity contribution >= 4 is 164 Å². The standard InChI is InChI=1S/C25H35BN2O4.C22H29BrN4O5.C12H14BrN3O2.C10H17NO4.C7H6BrN3/c1-23(2,3)30-22(29)28-14-8-9-21(28)20-15-18(16-27-20)17-10-12-19(13-11-17)26-31-24(4,5)25(6,7)32-26;1-21(2,3)31-19(29)26-11-7-8-16(26)18(28)24-17-14-12-13(23)9-10-15(14)27(25-17)20(30)32-22(4,5)6;1-12(2,3)18-11(17)16-9-5-4-7(13)6-8(9)10(14)15-16;1-10(2,3)15-9(14)11-6-4-5-7(11)8(12)13;8-4-1-2-6-5(3-4)7(9)11-10-6/h10-13,16,21H,8-9,14-15H2,1-7H3;9-10,12,16H,7-8,11H2,1-6H3,(H,24,25,28);4-6H,1-3H3,(H2,14,15);7H,4-6H2,1-3H3,(H,12,13);1-3H,(H3,9,10,11)/t;16-;;7-;/m.0.1./s1. The number of hydrogen-bond acceptors (Lipinski definition) is 20. The van der Waals surface area contributed by atoms with Crippen LogP contribution in [0.15, 0.2) is 103 Å². The van der Waals surface area contributed by atoms with Crippen molar-refractivity contribution in [2.45, 2.75) is 234 Å². The van der Waals surface area contributed by atoms with Crippen molar-refractivity contribution in [1.29, 1.82) is 0 Å². The van der Waals surface area contributed by atoms with E-state index in [2.05, 4.69) is 125 Å². The highest BCUT2D eigenvalue weighted by Gasteiger charge is 2.52. The number of carbonyl (C=O) groups excluding carboxylic acids is 6. The molecule has 8 heterocycles. The third kappa shape index (κ3) is 22.5. The maximum Gasteiger partial charge on any atom is 0.494 e. The molecule has 3 aromatic heterocycles. The van der Waals surface area contributed by atoms with E-state index < -0.39 is 70.4 Å². The highest BCUT2D eigenvalue weighted by atomic mass is 79.9. The van der Waals surface area contributed by atoms with Crippen LogP contribution < -0.4 is 22.2 Å². The van der Waals surface area contributed by atoms with Crippen molar-refractivity contribution in [3.05, 3.63) is 104 Å². The van der Waals surface area contributed by atoms with Gasteiger partial charge in [-0.15, -0.1) is 10.2 Å². The molecule has 1 unspecified atom stereocenters. The summed E-state index contributed by atoms with van der Waals surface area (Å²) in [6.45, 7) is 36.9. The summed E-state index contributed by atoms with van der Waals surface area (Å²) in [6.07, 6.45) is 4.52. The minimum absolute atomic E-state index is 0.0163. The van der Waals surface area contributed by atoms with Crippen molar-refractivity contribution in [2.75, 3.05) is 36.4 Å². The molecule has 4 saturated heterocycles. The number of amides is 4. The zero-order valence-electron chi connectivity index (χ0n) is 64.9. The Bertz CT molecular complexity index is 4520. The van der Waals surface area contributed by atoms with Gasteiger partial charge in [-0.05, 0) is 241 Å². The summed E-state index contributed by atoms with van der Waals surface area (Å²) in [7, 11) is -0.362. The molecule has 5 aliphatic rings. The second-order valence-electron chi connectivity index (χ2n) is 32.6. The summed E-state index contributed by atoms with van der Waals surface area (Å²) in [5.74, 6) is -0.283. The van der Waals surface area contributed by atoms with Crippen LogP contribution in [-0.2, 0) is 42.6 Å². The number of carboxylic acids is 1. The molecule has 4 fully saturated rings. The van der Waals surface area contributed by atoms with Gasteiger partial charge in [0.1, 0.15) is 40.1 Å². The van der Waals surface area contributed by atoms with E-state index in [1.54, 1.807) is 107 Å². The predicted octanol–water partition coefficient (Wildman–Crippen LogP) is 16.0. The van der Waals surface area contributed by atoms with Crippen LogP contribution in [0.25, 0.3) is 38.3 Å². The van der Waals surface area contributed by atoms with E-state index >= 15 is 0 Å². The van der Waals surface area contributed by atoms with E-state index in [0.717, 1.165) is 88.9 Å². The first kappa shape index (κ1) is 85.0. The summed E-state index contributed by atoms with van der Waals surface area (Å²) < 4.78 is 44.2. The fourth-order valence-electron chi connectivity index (χ4n) is 11.8. The van der Waals surface area contributed by atoms with E-state index in [0.29, 0.717) is 60.4 Å². The van der Waals surface area contributed by atoms with Gasteiger partial charge in [0, 0.05) is 67.5 Å². The number of rotatable bonds is 6. The molecule has 4 amide bonds. The molecule has 0 radical (unpaired) electrons. The maximum absolute atomic E-state index is 13.1. The van der Waals surface area contributed by atoms with Gasteiger partial charge in [0.15, 0.2) is 17.5 Å². The number of halogens is 3. The summed E-state index contributed by atoms with van der Waals surface area (Å²) in [5, 5.41) is 28.9. The lowest BCUT2D eigenvalue weighted by Gasteiger charge is -2.32. The summed E-state index contributed by atoms with van der Waals surface area (Å²) in [6, 6.07) is 23.4. The minimum atomic E-state index is -0.960. The largest absolute Gasteiger partial charge is 0.494 e. The number of aliphatic imine (C=N–C) groups is 1. The van der Waals surface area contributed by atoms with Crippen molar-refractivity contribution in [3.63, 3.8) is 0 Å². The Morgan fingerprint density at radius 2 is 0.972 bits per heavy atom. The van der Waals surface area contributed by atoms with Crippen molar-refractivity contribution < 1.29 is 71.7 Å². The average molecular weight is 1690 g/mol. The van der Waals surface area contributed by atoms with Gasteiger partial charge in [-0.3, -0.25) is 29.6 Å². The number of nitrogens with one attached hydrogen (secondary N) is 2. The summed E-state index contributed by atoms with van der Waals surface area (Å²) in [5.41, 5.74) is 14.1. The normalized spacial score (nSPS) is 18.3. The Balaban J connectivity index is 0.000000179. The first-order chi connectivity index (χ1) is 50.0. The van der Waals surface area contributed by atoms with E-state index in [9.17, 15) is 33.6 Å². The van der Waals surface area contributed by atoms with Crippen molar-refractivity contribution in [3.8, 4) is 0 Å². The van der Waals surface area contributed by atoms with Crippen LogP contribution in [0.3, 0.4) is 0 Å². The molecule has 0 spiro atoms. The molecule has 0 saturated carbocycles. The van der Waals surface area contributed by atoms with Gasteiger partial charge < -0.3 is 54.9 Å². The van der Waals surface area contributed by atoms with Gasteiger partial charge in [0.2, 0.25) is 5.91 Å². The van der Waals surface area contributed by atoms with E-state index in [-0.39, 0.29) is 42.2 Å². The summed E-state index contributed by atoms with van der Waals surface area (Å²) in [4.78, 5) is 94.6. The lowest BCUT2D eigenvalue weighted by atomic mass is 9.78. The second-order valence-corrected chi connectivity index (χ2v) is 35.4. The number of benzene rings is 4. The second kappa shape index (κ2) is 33.7. The van der Waals surface area contributed by atoms with Gasteiger partial charge in [0.25, 0.3) is 0 Å². The number of likely N-dealkylation sites (tertiary alicyclic amines) is 3. The number of aromatic nitrogens is 6. The number of nitrogen functional groups attached to an aromatic ring is 2. The molecule has 3 atom stereocenters. The van der Waals surface area contributed by atoms with Crippen LogP contribution in [-0.4, -0.2) is 182 Å². The number of carboxylic acid groups (broad SMARTS) is 1. The first-order valence-electron chi connectivity index (χ1n) is 35.7. The van der Waals surface area contributed by atoms with Crippen LogP contribution in [0.4, 0.5) is 41.4 Å². The smallest absolute Gasteiger partial charge is 0.480 e. The number of nitrogens with zero attached hydrogens (tertiary/aromatic N) is 9. The Hall–Kier alpha value is -8.59. The number of allylic oxidation sites excluding steroid dienone is 1. The third-order valence-electron chi connectivity index (χ3n) is 17.4. The van der Waals surface area contributed by atoms with Crippen LogP contribution in [0.2, 0.25) is 0 Å². The fraction of sp³-hybridized carbons (Fsp3) is 0.513. The summed E-state index contributed by atoms with van der Waals surface area (Å²) >= 11 is 10.1. The van der Waals surface area contributed by atoms with Gasteiger partial charge in [-0.2, -0.15) is 14.5 Å². The lowest BCUT2D eigenvalue weighted by molar-refractivity contribution is -0.142. The number of aromatic amines is 1. The number of carbonyl (C=O) groups is 7. The first-order valence-corrected chi connectivity index (χ1v) is 38.1. The molecule has 4 aromatic carbocycles. The van der Waals surface area contributed by atoms with E-state index in [1.165, 1.54) is 14.5 Å². The Kier molecular flexibility index (Phi) is 26.6. The zero-order chi connectivity index (χ0) is 80.1. The van der Waals surface area contributed by atoms with Crippen LogP contribution in [0, 0.1) is 0 Å². The number of anilines is 3. The van der Waals surface area contributed by atoms with Crippen molar-refractivity contribution in [1.82, 2.24) is 44.5 Å². The van der Waals surface area contributed by atoms with Gasteiger partial charge in [-0.25, -0.2) is 28.8 Å². The van der Waals surface area contributed by atoms with Gasteiger partial charge in [-0.1, -0.05) is 72.1 Å². The number of aliphatic carboxylic acids is 1. The lowest BCUT2D eigenvalue weighted by Crippen LogP contribution is -2.45. The number of hydrogen-bond donors (Lipinski definition) is 5. The number of nitrogens with two attached hydrogens (primary N) is 2. The minimum Gasteiger partial charge on any atom is -0.480 e. The number of H-pyrrole nitrogens is 1. The molecule has 28 nitrogen and oxygen atoms in total. The molecule has 32 heteroatoms. The van der Waals surface area contributed by atoms with Gasteiger partial charge >= 0.3 is 43.6 Å². The predicted molar refractivity (Wildman–Crippen MR) is 427 cm³/mol. The molecule has 7 aromatic rings. The van der Waals surface area contributed by atoms with E-state index in [4.69, 9.17) is 54.6 Å². The highest BCUT2D eigenvalue weighted by Crippen LogP contribution is 2.38. The Morgan fingerprint density at radius 3 is 1.48 bits per heavy atom. The third-order valence-corrected chi connectivity index (χ3v) is 18.9. The molecule has 12 rings (SSSR count). The molecular weight excluding hydrogens is 1590 g/mol. The van der Waals surface area contributed by atoms with Gasteiger partial charge in [0.05, 0.1) is 33.8 Å². The quantitative estimate of drug-likeness (QED) is 0.0762. The Labute approximate surface area is 655 Å². The van der Waals surface area contributed by atoms with E-state index in [1.807, 2.05) is 62.2 Å². The highest BCUT2D eigenvalue weighted by molar-refractivity contribution is 9.11. The zero-order valence-corrected chi connectivity index (χ0v) is 69.7.